The topological polar surface area (TPSA) is 67.2 Å². The van der Waals surface area contributed by atoms with Gasteiger partial charge in [0.05, 0.1) is 10.7 Å². The molecule has 2 aliphatic rings. The summed E-state index contributed by atoms with van der Waals surface area (Å²) in [7, 11) is 0. The molecule has 0 radical (unpaired) electrons. The van der Waals surface area contributed by atoms with Gasteiger partial charge in [0, 0.05) is 42.8 Å². The third-order valence-corrected chi connectivity index (χ3v) is 7.03. The molecule has 7 nitrogen and oxygen atoms in total. The van der Waals surface area contributed by atoms with Crippen LogP contribution in [0.5, 0.6) is 0 Å². The van der Waals surface area contributed by atoms with E-state index < -0.39 is 0 Å². The van der Waals surface area contributed by atoms with E-state index in [1.807, 2.05) is 18.0 Å². The van der Waals surface area contributed by atoms with Gasteiger partial charge in [-0.15, -0.1) is 16.4 Å². The van der Waals surface area contributed by atoms with E-state index in [4.69, 9.17) is 0 Å². The zero-order valence-electron chi connectivity index (χ0n) is 16.8. The largest absolute Gasteiger partial charge is 0.334 e. The molecule has 2 fully saturated rings. The van der Waals surface area contributed by atoms with Crippen LogP contribution in [0.4, 0.5) is 4.39 Å². The number of hydrogen-bond donors (Lipinski definition) is 0. The standard InChI is InChI=1S/C21H23FN6OS/c1-15-23-11-18(30-15)12-27-9-7-21(27)6-3-8-26(13-21)20(29)19-24-14-28(25-19)17-5-2-4-16(22)10-17/h2,4-5,10-11,14H,3,6-9,12-13H2,1H3/t21-/m1/s1. The fraction of sp³-hybridized carbons (Fsp3) is 0.429. The molecule has 1 spiro atoms. The number of halogens is 1. The molecule has 2 aliphatic heterocycles. The lowest BCUT2D eigenvalue weighted by molar-refractivity contribution is -0.0645. The van der Waals surface area contributed by atoms with Gasteiger partial charge in [0.1, 0.15) is 12.1 Å². The lowest BCUT2D eigenvalue weighted by Gasteiger charge is -2.57. The van der Waals surface area contributed by atoms with Gasteiger partial charge >= 0.3 is 0 Å². The molecule has 4 heterocycles. The molecule has 5 rings (SSSR count). The first-order valence-electron chi connectivity index (χ1n) is 10.2. The van der Waals surface area contributed by atoms with E-state index in [9.17, 15) is 9.18 Å². The van der Waals surface area contributed by atoms with E-state index in [0.29, 0.717) is 18.8 Å². The Hall–Kier alpha value is -2.65. The lowest BCUT2D eigenvalue weighted by atomic mass is 9.77. The summed E-state index contributed by atoms with van der Waals surface area (Å²) in [6.45, 7) is 5.36. The highest BCUT2D eigenvalue weighted by atomic mass is 32.1. The molecule has 30 heavy (non-hydrogen) atoms. The van der Waals surface area contributed by atoms with Gasteiger partial charge in [0.25, 0.3) is 5.91 Å². The molecule has 3 aromatic rings. The van der Waals surface area contributed by atoms with Crippen molar-refractivity contribution in [2.24, 2.45) is 0 Å². The van der Waals surface area contributed by atoms with Crippen molar-refractivity contribution in [2.75, 3.05) is 19.6 Å². The van der Waals surface area contributed by atoms with Crippen LogP contribution in [0.25, 0.3) is 5.69 Å². The van der Waals surface area contributed by atoms with Crippen LogP contribution in [0.2, 0.25) is 0 Å². The van der Waals surface area contributed by atoms with Gasteiger partial charge in [0.2, 0.25) is 5.82 Å². The zero-order valence-corrected chi connectivity index (χ0v) is 17.6. The van der Waals surface area contributed by atoms with Crippen molar-refractivity contribution in [1.82, 2.24) is 29.5 Å². The molecule has 0 bridgehead atoms. The van der Waals surface area contributed by atoms with Gasteiger partial charge in [-0.25, -0.2) is 19.0 Å². The van der Waals surface area contributed by atoms with Gasteiger partial charge in [-0.3, -0.25) is 9.69 Å². The SMILES string of the molecule is Cc1ncc(CN2CC[C@@]23CCCN(C(=O)c2ncn(-c4cccc(F)c4)n2)C3)s1. The molecule has 0 aliphatic carbocycles. The molecular weight excluding hydrogens is 403 g/mol. The number of carbonyl (C=O) groups excluding carboxylic acids is 1. The number of carbonyl (C=O) groups is 1. The summed E-state index contributed by atoms with van der Waals surface area (Å²) in [5, 5.41) is 5.39. The molecule has 1 aromatic carbocycles. The van der Waals surface area contributed by atoms with Crippen molar-refractivity contribution in [2.45, 2.75) is 38.3 Å². The monoisotopic (exact) mass is 426 g/mol. The Bertz CT molecular complexity index is 1080. The second kappa shape index (κ2) is 7.55. The Kier molecular flexibility index (Phi) is 4.86. The summed E-state index contributed by atoms with van der Waals surface area (Å²) in [6.07, 6.45) is 6.58. The molecule has 0 unspecified atom stereocenters. The highest BCUT2D eigenvalue weighted by Crippen LogP contribution is 2.40. The Morgan fingerprint density at radius 2 is 2.17 bits per heavy atom. The smallest absolute Gasteiger partial charge is 0.293 e. The van der Waals surface area contributed by atoms with Crippen molar-refractivity contribution in [3.05, 3.63) is 58.3 Å². The third kappa shape index (κ3) is 3.52. The first kappa shape index (κ1) is 19.3. The van der Waals surface area contributed by atoms with Gasteiger partial charge in [-0.2, -0.15) is 0 Å². The van der Waals surface area contributed by atoms with Crippen LogP contribution < -0.4 is 0 Å². The summed E-state index contributed by atoms with van der Waals surface area (Å²) in [5.41, 5.74) is 0.582. The van der Waals surface area contributed by atoms with Crippen molar-refractivity contribution in [3.8, 4) is 5.69 Å². The van der Waals surface area contributed by atoms with Crippen molar-refractivity contribution in [3.63, 3.8) is 0 Å². The van der Waals surface area contributed by atoms with Crippen LogP contribution in [0, 0.1) is 12.7 Å². The third-order valence-electron chi connectivity index (χ3n) is 6.13. The Morgan fingerprint density at radius 3 is 2.90 bits per heavy atom. The number of aryl methyl sites for hydroxylation is 1. The van der Waals surface area contributed by atoms with Crippen LogP contribution in [-0.4, -0.2) is 60.6 Å². The van der Waals surface area contributed by atoms with Crippen LogP contribution >= 0.6 is 11.3 Å². The fourth-order valence-corrected chi connectivity index (χ4v) is 5.30. The fourth-order valence-electron chi connectivity index (χ4n) is 4.49. The van der Waals surface area contributed by atoms with Crippen LogP contribution in [-0.2, 0) is 6.54 Å². The molecule has 0 N–H and O–H groups in total. The predicted octanol–water partition coefficient (Wildman–Crippen LogP) is 3.05. The van der Waals surface area contributed by atoms with E-state index in [-0.39, 0.29) is 23.1 Å². The van der Waals surface area contributed by atoms with Crippen molar-refractivity contribution in [1.29, 1.82) is 0 Å². The first-order valence-corrected chi connectivity index (χ1v) is 11.0. The van der Waals surface area contributed by atoms with E-state index >= 15 is 0 Å². The molecule has 1 amide bonds. The average Bonchev–Trinajstić information content (AvgIpc) is 3.40. The first-order chi connectivity index (χ1) is 14.5. The lowest BCUT2D eigenvalue weighted by Crippen LogP contribution is -2.67. The molecular formula is C21H23FN6OS. The number of piperidine rings is 1. The van der Waals surface area contributed by atoms with Crippen LogP contribution in [0.15, 0.2) is 36.8 Å². The number of nitrogens with zero attached hydrogens (tertiary/aromatic N) is 6. The minimum Gasteiger partial charge on any atom is -0.334 e. The summed E-state index contributed by atoms with van der Waals surface area (Å²) >= 11 is 1.74. The number of hydrogen-bond acceptors (Lipinski definition) is 6. The van der Waals surface area contributed by atoms with E-state index in [1.54, 1.807) is 23.5 Å². The maximum absolute atomic E-state index is 13.5. The number of rotatable bonds is 4. The van der Waals surface area contributed by atoms with Crippen molar-refractivity contribution >= 4 is 17.2 Å². The molecule has 9 heteroatoms. The van der Waals surface area contributed by atoms with Gasteiger partial charge < -0.3 is 4.90 Å². The summed E-state index contributed by atoms with van der Waals surface area (Å²) in [6, 6.07) is 6.08. The second-order valence-electron chi connectivity index (χ2n) is 8.06. The molecule has 156 valence electrons. The van der Waals surface area contributed by atoms with Gasteiger partial charge in [-0.05, 0) is 44.4 Å². The molecule has 1 atom stereocenters. The number of amides is 1. The van der Waals surface area contributed by atoms with Crippen LogP contribution in [0.1, 0.15) is 39.8 Å². The minimum atomic E-state index is -0.352. The quantitative estimate of drug-likeness (QED) is 0.642. The van der Waals surface area contributed by atoms with E-state index in [0.717, 1.165) is 37.4 Å². The van der Waals surface area contributed by atoms with Gasteiger partial charge in [0.15, 0.2) is 0 Å². The Labute approximate surface area is 178 Å². The minimum absolute atomic E-state index is 0.0386. The normalized spacial score (nSPS) is 21.7. The Morgan fingerprint density at radius 1 is 1.27 bits per heavy atom. The number of aromatic nitrogens is 4. The van der Waals surface area contributed by atoms with Crippen LogP contribution in [0.3, 0.4) is 0 Å². The number of likely N-dealkylation sites (tertiary alicyclic amines) is 2. The number of benzene rings is 1. The maximum atomic E-state index is 13.5. The summed E-state index contributed by atoms with van der Waals surface area (Å²) in [5.74, 6) is -0.361. The van der Waals surface area contributed by atoms with Crippen molar-refractivity contribution < 1.29 is 9.18 Å². The Balaban J connectivity index is 1.30. The maximum Gasteiger partial charge on any atom is 0.293 e. The zero-order chi connectivity index (χ0) is 20.7. The van der Waals surface area contributed by atoms with Gasteiger partial charge in [-0.1, -0.05) is 6.07 Å². The molecule has 2 aromatic heterocycles. The number of thiazole rings is 1. The molecule has 2 saturated heterocycles. The van der Waals surface area contributed by atoms with E-state index in [1.165, 1.54) is 28.0 Å². The highest BCUT2D eigenvalue weighted by Gasteiger charge is 2.48. The van der Waals surface area contributed by atoms with E-state index in [2.05, 4.69) is 20.0 Å². The predicted molar refractivity (Wildman–Crippen MR) is 111 cm³/mol. The summed E-state index contributed by atoms with van der Waals surface area (Å²) < 4.78 is 14.9. The highest BCUT2D eigenvalue weighted by molar-refractivity contribution is 7.11. The second-order valence-corrected chi connectivity index (χ2v) is 9.38. The molecule has 0 saturated carbocycles. The average molecular weight is 427 g/mol. The summed E-state index contributed by atoms with van der Waals surface area (Å²) in [4.78, 5) is 27.3.